The van der Waals surface area contributed by atoms with Gasteiger partial charge in [-0.3, -0.25) is 0 Å². The molecule has 3 rings (SSSR count). The summed E-state index contributed by atoms with van der Waals surface area (Å²) in [6, 6.07) is 13.5. The van der Waals surface area contributed by atoms with Crippen molar-refractivity contribution in [2.24, 2.45) is 0 Å². The number of aromatic nitrogens is 1. The molecule has 0 aliphatic heterocycles. The van der Waals surface area contributed by atoms with Crippen LogP contribution >= 0.6 is 34.1 Å². The van der Waals surface area contributed by atoms with Gasteiger partial charge in [-0.05, 0) is 105 Å². The molecule has 0 N–H and O–H groups in total. The van der Waals surface area contributed by atoms with E-state index < -0.39 is 0 Å². The molecule has 0 unspecified atom stereocenters. The molecule has 0 bridgehead atoms. The van der Waals surface area contributed by atoms with Gasteiger partial charge in [0.25, 0.3) is 0 Å². The molecule has 1 aromatic heterocycles. The third kappa shape index (κ3) is 3.42. The largest absolute Gasteiger partial charge is 0.200 e. The van der Waals surface area contributed by atoms with E-state index in [1.165, 1.54) is 41.8 Å². The molecule has 124 valence electrons. The van der Waals surface area contributed by atoms with Crippen molar-refractivity contribution in [3.8, 4) is 21.6 Å². The Kier molecular flexibility index (Phi) is 5.72. The normalized spacial score (nSPS) is 11.0. The van der Waals surface area contributed by atoms with Gasteiger partial charge in [-0.25, -0.2) is 0 Å². The summed E-state index contributed by atoms with van der Waals surface area (Å²) >= 11 is 3.95. The van der Waals surface area contributed by atoms with Crippen LogP contribution in [-0.2, 0) is 19.3 Å². The standard InChI is InChI=1S/C21H22INS/c1-4-14-11-17(12-15(5-2)19(14)6-3)21-20(13-23-24-21)16-7-9-18(22)10-8-16/h7-13H,4-6H2,1-3H3. The third-order valence-corrected chi connectivity index (χ3v) is 6.11. The first kappa shape index (κ1) is 17.6. The van der Waals surface area contributed by atoms with E-state index >= 15 is 0 Å². The van der Waals surface area contributed by atoms with Crippen molar-refractivity contribution in [3.63, 3.8) is 0 Å². The fourth-order valence-electron chi connectivity index (χ4n) is 3.30. The molecule has 0 saturated carbocycles. The molecule has 0 radical (unpaired) electrons. The Morgan fingerprint density at radius 2 is 1.50 bits per heavy atom. The molecule has 24 heavy (non-hydrogen) atoms. The Morgan fingerprint density at radius 1 is 0.875 bits per heavy atom. The predicted octanol–water partition coefficient (Wildman–Crippen LogP) is 6.77. The zero-order valence-electron chi connectivity index (χ0n) is 14.4. The van der Waals surface area contributed by atoms with E-state index in [2.05, 4.69) is 84.1 Å². The van der Waals surface area contributed by atoms with Crippen LogP contribution in [0.1, 0.15) is 37.5 Å². The number of nitrogens with zero attached hydrogens (tertiary/aromatic N) is 1. The van der Waals surface area contributed by atoms with Crippen LogP contribution in [0.3, 0.4) is 0 Å². The summed E-state index contributed by atoms with van der Waals surface area (Å²) in [4.78, 5) is 1.28. The number of rotatable bonds is 5. The molecule has 0 aliphatic rings. The summed E-state index contributed by atoms with van der Waals surface area (Å²) in [5.74, 6) is 0. The summed E-state index contributed by atoms with van der Waals surface area (Å²) in [6.07, 6.45) is 5.29. The second-order valence-electron chi connectivity index (χ2n) is 5.91. The van der Waals surface area contributed by atoms with Crippen LogP contribution in [0.2, 0.25) is 0 Å². The monoisotopic (exact) mass is 447 g/mol. The number of aryl methyl sites for hydroxylation is 2. The summed E-state index contributed by atoms with van der Waals surface area (Å²) in [7, 11) is 0. The van der Waals surface area contributed by atoms with E-state index in [1.807, 2.05) is 6.20 Å². The molecule has 1 heterocycles. The number of hydrogen-bond donors (Lipinski definition) is 0. The number of halogens is 1. The van der Waals surface area contributed by atoms with Crippen LogP contribution < -0.4 is 0 Å². The Morgan fingerprint density at radius 3 is 2.04 bits per heavy atom. The third-order valence-electron chi connectivity index (χ3n) is 4.54. The molecule has 3 heteroatoms. The summed E-state index contributed by atoms with van der Waals surface area (Å²) in [6.45, 7) is 6.77. The first-order chi connectivity index (χ1) is 11.7. The van der Waals surface area contributed by atoms with Crippen LogP contribution in [0.4, 0.5) is 0 Å². The summed E-state index contributed by atoms with van der Waals surface area (Å²) in [5.41, 5.74) is 8.29. The minimum absolute atomic E-state index is 1.09. The maximum atomic E-state index is 4.49. The van der Waals surface area contributed by atoms with E-state index in [9.17, 15) is 0 Å². The van der Waals surface area contributed by atoms with Crippen LogP contribution in [0, 0.1) is 3.57 Å². The maximum absolute atomic E-state index is 4.49. The quantitative estimate of drug-likeness (QED) is 0.394. The van der Waals surface area contributed by atoms with Crippen molar-refractivity contribution in [3.05, 3.63) is 62.9 Å². The number of hydrogen-bond acceptors (Lipinski definition) is 2. The zero-order valence-corrected chi connectivity index (χ0v) is 17.4. The average Bonchev–Trinajstić information content (AvgIpc) is 3.10. The van der Waals surface area contributed by atoms with Crippen LogP contribution in [-0.4, -0.2) is 4.37 Å². The van der Waals surface area contributed by atoms with Gasteiger partial charge in [0.05, 0.1) is 4.88 Å². The van der Waals surface area contributed by atoms with Gasteiger partial charge in [-0.1, -0.05) is 32.9 Å². The fourth-order valence-corrected chi connectivity index (χ4v) is 4.41. The highest BCUT2D eigenvalue weighted by molar-refractivity contribution is 14.1. The lowest BCUT2D eigenvalue weighted by atomic mass is 9.91. The van der Waals surface area contributed by atoms with Crippen LogP contribution in [0.15, 0.2) is 42.6 Å². The highest BCUT2D eigenvalue weighted by atomic mass is 127. The van der Waals surface area contributed by atoms with Gasteiger partial charge in [-0.2, -0.15) is 4.37 Å². The summed E-state index contributed by atoms with van der Waals surface area (Å²) < 4.78 is 5.75. The van der Waals surface area contributed by atoms with Crippen LogP contribution in [0.5, 0.6) is 0 Å². The second-order valence-corrected chi connectivity index (χ2v) is 7.96. The minimum atomic E-state index is 1.09. The molecule has 2 aromatic carbocycles. The lowest BCUT2D eigenvalue weighted by Crippen LogP contribution is -1.98. The van der Waals surface area contributed by atoms with E-state index in [-0.39, 0.29) is 0 Å². The Balaban J connectivity index is 2.14. The van der Waals surface area contributed by atoms with Gasteiger partial charge in [-0.15, -0.1) is 0 Å². The highest BCUT2D eigenvalue weighted by Gasteiger charge is 2.14. The second kappa shape index (κ2) is 7.79. The molecule has 1 nitrogen and oxygen atoms in total. The zero-order chi connectivity index (χ0) is 17.1. The minimum Gasteiger partial charge on any atom is -0.200 e. The van der Waals surface area contributed by atoms with Crippen molar-refractivity contribution in [2.45, 2.75) is 40.0 Å². The van der Waals surface area contributed by atoms with Gasteiger partial charge in [0.2, 0.25) is 0 Å². The molecule has 0 fully saturated rings. The molecule has 0 aliphatic carbocycles. The fraction of sp³-hybridized carbons (Fsp3) is 0.286. The lowest BCUT2D eigenvalue weighted by molar-refractivity contribution is 0.983. The SMILES string of the molecule is CCc1cc(-c2sncc2-c2ccc(I)cc2)cc(CC)c1CC. The molecular weight excluding hydrogens is 425 g/mol. The van der Waals surface area contributed by atoms with Gasteiger partial charge in [0, 0.05) is 15.3 Å². The smallest absolute Gasteiger partial charge is 0.0628 e. The van der Waals surface area contributed by atoms with Crippen LogP contribution in [0.25, 0.3) is 21.6 Å². The first-order valence-corrected chi connectivity index (χ1v) is 10.4. The van der Waals surface area contributed by atoms with Crippen molar-refractivity contribution < 1.29 is 0 Å². The van der Waals surface area contributed by atoms with Crippen molar-refractivity contribution in [1.29, 1.82) is 0 Å². The molecule has 0 saturated heterocycles. The predicted molar refractivity (Wildman–Crippen MR) is 114 cm³/mol. The maximum Gasteiger partial charge on any atom is 0.0628 e. The molecule has 0 atom stereocenters. The number of benzene rings is 2. The van der Waals surface area contributed by atoms with E-state index in [0.717, 1.165) is 19.3 Å². The van der Waals surface area contributed by atoms with Crippen molar-refractivity contribution in [1.82, 2.24) is 4.37 Å². The Labute approximate surface area is 162 Å². The van der Waals surface area contributed by atoms with E-state index in [1.54, 1.807) is 11.5 Å². The first-order valence-electron chi connectivity index (χ1n) is 8.53. The average molecular weight is 447 g/mol. The molecule has 3 aromatic rings. The lowest BCUT2D eigenvalue weighted by Gasteiger charge is -2.15. The van der Waals surface area contributed by atoms with Gasteiger partial charge in [0.1, 0.15) is 0 Å². The molecule has 0 spiro atoms. The van der Waals surface area contributed by atoms with E-state index in [4.69, 9.17) is 0 Å². The molecule has 0 amide bonds. The Hall–Kier alpha value is -1.20. The van der Waals surface area contributed by atoms with Gasteiger partial charge in [0.15, 0.2) is 0 Å². The van der Waals surface area contributed by atoms with Crippen molar-refractivity contribution >= 4 is 34.1 Å². The highest BCUT2D eigenvalue weighted by Crippen LogP contribution is 2.37. The Bertz CT molecular complexity index is 808. The summed E-state index contributed by atoms with van der Waals surface area (Å²) in [5, 5.41) is 0. The molecular formula is C21H22INS. The van der Waals surface area contributed by atoms with E-state index in [0.29, 0.717) is 0 Å². The van der Waals surface area contributed by atoms with Gasteiger partial charge < -0.3 is 0 Å². The topological polar surface area (TPSA) is 12.9 Å². The van der Waals surface area contributed by atoms with Crippen molar-refractivity contribution in [2.75, 3.05) is 0 Å². The van der Waals surface area contributed by atoms with Gasteiger partial charge >= 0.3 is 0 Å².